The number of anilines is 1. The molecule has 2 rings (SSSR count). The number of aryl methyl sites for hydroxylation is 1. The second-order valence-electron chi connectivity index (χ2n) is 3.49. The van der Waals surface area contributed by atoms with Gasteiger partial charge in [0.1, 0.15) is 17.2 Å². The van der Waals surface area contributed by atoms with Gasteiger partial charge in [-0.15, -0.1) is 0 Å². The van der Waals surface area contributed by atoms with E-state index in [-0.39, 0.29) is 5.82 Å². The van der Waals surface area contributed by atoms with Gasteiger partial charge in [0.15, 0.2) is 5.82 Å². The maximum Gasteiger partial charge on any atom is 0.262 e. The quantitative estimate of drug-likeness (QED) is 0.841. The highest BCUT2D eigenvalue weighted by Gasteiger charge is 2.17. The zero-order valence-electron chi connectivity index (χ0n) is 8.92. The van der Waals surface area contributed by atoms with Gasteiger partial charge in [0.2, 0.25) is 0 Å². The molecule has 4 nitrogen and oxygen atoms in total. The average molecular weight is 237 g/mol. The number of hydrogen-bond donors (Lipinski definition) is 2. The molecular weight excluding hydrogens is 228 g/mol. The van der Waals surface area contributed by atoms with Crippen LogP contribution >= 0.6 is 0 Å². The van der Waals surface area contributed by atoms with Crippen molar-refractivity contribution in [1.29, 1.82) is 0 Å². The maximum atomic E-state index is 13.3. The van der Waals surface area contributed by atoms with Gasteiger partial charge in [-0.25, -0.2) is 8.78 Å². The first-order valence-corrected chi connectivity index (χ1v) is 4.85. The first-order chi connectivity index (χ1) is 8.08. The molecule has 1 aromatic carbocycles. The maximum absolute atomic E-state index is 13.3. The van der Waals surface area contributed by atoms with Crippen LogP contribution in [0.2, 0.25) is 0 Å². The van der Waals surface area contributed by atoms with Crippen molar-refractivity contribution in [3.05, 3.63) is 47.2 Å². The molecule has 0 unspecified atom stereocenters. The largest absolute Gasteiger partial charge is 0.305 e. The molecule has 0 atom stereocenters. The van der Waals surface area contributed by atoms with E-state index in [1.807, 2.05) is 0 Å². The Morgan fingerprint density at radius 3 is 2.53 bits per heavy atom. The van der Waals surface area contributed by atoms with E-state index in [0.717, 1.165) is 17.8 Å². The number of carbonyl (C=O) groups is 1. The van der Waals surface area contributed by atoms with Crippen LogP contribution in [-0.4, -0.2) is 16.1 Å². The smallest absolute Gasteiger partial charge is 0.262 e. The molecule has 1 heterocycles. The number of carbonyl (C=O) groups excluding carboxylic acids is 1. The Morgan fingerprint density at radius 2 is 2.00 bits per heavy atom. The lowest BCUT2D eigenvalue weighted by Crippen LogP contribution is -2.16. The summed E-state index contributed by atoms with van der Waals surface area (Å²) in [7, 11) is 0. The van der Waals surface area contributed by atoms with Crippen molar-refractivity contribution in [1.82, 2.24) is 10.2 Å². The average Bonchev–Trinajstić information content (AvgIpc) is 2.63. The molecule has 0 radical (unpaired) electrons. The highest BCUT2D eigenvalue weighted by molar-refractivity contribution is 6.04. The zero-order valence-corrected chi connectivity index (χ0v) is 8.92. The second-order valence-corrected chi connectivity index (χ2v) is 3.49. The van der Waals surface area contributed by atoms with Crippen LogP contribution in [0.1, 0.15) is 16.1 Å². The fraction of sp³-hybridized carbons (Fsp3) is 0.0909. The molecule has 1 aromatic heterocycles. The van der Waals surface area contributed by atoms with Crippen molar-refractivity contribution in [2.75, 3.05) is 5.32 Å². The van der Waals surface area contributed by atoms with Crippen LogP contribution in [0.15, 0.2) is 24.3 Å². The van der Waals surface area contributed by atoms with Crippen LogP contribution < -0.4 is 5.32 Å². The number of benzene rings is 1. The minimum Gasteiger partial charge on any atom is -0.305 e. The summed E-state index contributed by atoms with van der Waals surface area (Å²) in [5.74, 6) is -2.47. The van der Waals surface area contributed by atoms with Crippen molar-refractivity contribution in [3.63, 3.8) is 0 Å². The standard InChI is InChI=1S/C11H9F2N3O/c1-6-5-9(16-15-6)14-11(17)10-7(12)3-2-4-8(10)13/h2-5H,1H3,(H2,14,15,16,17). The van der Waals surface area contributed by atoms with E-state index in [1.54, 1.807) is 13.0 Å². The second kappa shape index (κ2) is 4.32. The summed E-state index contributed by atoms with van der Waals surface area (Å²) in [5, 5.41) is 8.64. The zero-order chi connectivity index (χ0) is 12.4. The Labute approximate surface area is 95.7 Å². The van der Waals surface area contributed by atoms with Crippen molar-refractivity contribution in [2.24, 2.45) is 0 Å². The van der Waals surface area contributed by atoms with E-state index in [2.05, 4.69) is 15.5 Å². The summed E-state index contributed by atoms with van der Waals surface area (Å²) in [6.07, 6.45) is 0. The number of hydrogen-bond acceptors (Lipinski definition) is 2. The Balaban J connectivity index is 2.26. The van der Waals surface area contributed by atoms with Crippen molar-refractivity contribution in [3.8, 4) is 0 Å². The molecule has 6 heteroatoms. The third-order valence-electron chi connectivity index (χ3n) is 2.14. The molecule has 2 N–H and O–H groups in total. The number of rotatable bonds is 2. The van der Waals surface area contributed by atoms with Crippen LogP contribution in [0.3, 0.4) is 0 Å². The summed E-state index contributed by atoms with van der Waals surface area (Å²) < 4.78 is 26.6. The molecule has 0 spiro atoms. The van der Waals surface area contributed by atoms with E-state index in [4.69, 9.17) is 0 Å². The number of halogens is 2. The first-order valence-electron chi connectivity index (χ1n) is 4.85. The van der Waals surface area contributed by atoms with Gasteiger partial charge < -0.3 is 5.32 Å². The first kappa shape index (κ1) is 11.3. The lowest BCUT2D eigenvalue weighted by Gasteiger charge is -2.03. The van der Waals surface area contributed by atoms with E-state index in [9.17, 15) is 13.6 Å². The lowest BCUT2D eigenvalue weighted by atomic mass is 10.2. The third-order valence-corrected chi connectivity index (χ3v) is 2.14. The highest BCUT2D eigenvalue weighted by Crippen LogP contribution is 2.14. The fourth-order valence-corrected chi connectivity index (χ4v) is 1.38. The molecule has 0 aliphatic heterocycles. The summed E-state index contributed by atoms with van der Waals surface area (Å²) in [5.41, 5.74) is 0.113. The molecule has 17 heavy (non-hydrogen) atoms. The van der Waals surface area contributed by atoms with Crippen LogP contribution in [0.25, 0.3) is 0 Å². The molecule has 0 aliphatic carbocycles. The van der Waals surface area contributed by atoms with Gasteiger partial charge in [0.25, 0.3) is 5.91 Å². The minimum atomic E-state index is -0.908. The Hall–Kier alpha value is -2.24. The Kier molecular flexibility index (Phi) is 2.86. The number of H-pyrrole nitrogens is 1. The van der Waals surface area contributed by atoms with Gasteiger partial charge in [0, 0.05) is 11.8 Å². The van der Waals surface area contributed by atoms with Crippen LogP contribution in [0.4, 0.5) is 14.6 Å². The highest BCUT2D eigenvalue weighted by atomic mass is 19.1. The van der Waals surface area contributed by atoms with Gasteiger partial charge in [0.05, 0.1) is 0 Å². The van der Waals surface area contributed by atoms with E-state index in [0.29, 0.717) is 0 Å². The van der Waals surface area contributed by atoms with Gasteiger partial charge in [-0.3, -0.25) is 9.89 Å². The molecule has 0 bridgehead atoms. The van der Waals surface area contributed by atoms with Crippen molar-refractivity contribution >= 4 is 11.7 Å². The Morgan fingerprint density at radius 1 is 1.35 bits per heavy atom. The van der Waals surface area contributed by atoms with Gasteiger partial charge in [-0.1, -0.05) is 6.07 Å². The Bertz CT molecular complexity index is 545. The van der Waals surface area contributed by atoms with Gasteiger partial charge >= 0.3 is 0 Å². The lowest BCUT2D eigenvalue weighted by molar-refractivity contribution is 0.101. The predicted molar refractivity (Wildman–Crippen MR) is 57.6 cm³/mol. The SMILES string of the molecule is Cc1cc(NC(=O)c2c(F)cccc2F)n[nH]1. The van der Waals surface area contributed by atoms with Gasteiger partial charge in [-0.05, 0) is 19.1 Å². The fourth-order valence-electron chi connectivity index (χ4n) is 1.38. The summed E-state index contributed by atoms with van der Waals surface area (Å²) in [6.45, 7) is 1.74. The third kappa shape index (κ3) is 2.30. The van der Waals surface area contributed by atoms with E-state index >= 15 is 0 Å². The normalized spacial score (nSPS) is 10.3. The van der Waals surface area contributed by atoms with Crippen LogP contribution in [0, 0.1) is 18.6 Å². The molecule has 0 fully saturated rings. The topological polar surface area (TPSA) is 57.8 Å². The molecular formula is C11H9F2N3O. The summed E-state index contributed by atoms with van der Waals surface area (Å²) in [4.78, 5) is 11.6. The van der Waals surface area contributed by atoms with Crippen molar-refractivity contribution < 1.29 is 13.6 Å². The number of nitrogens with zero attached hydrogens (tertiary/aromatic N) is 1. The van der Waals surface area contributed by atoms with Crippen molar-refractivity contribution in [2.45, 2.75) is 6.92 Å². The molecule has 0 saturated heterocycles. The number of aromatic amines is 1. The number of nitrogens with one attached hydrogen (secondary N) is 2. The summed E-state index contributed by atoms with van der Waals surface area (Å²) >= 11 is 0. The monoisotopic (exact) mass is 237 g/mol. The minimum absolute atomic E-state index is 0.218. The molecule has 0 saturated carbocycles. The number of aromatic nitrogens is 2. The van der Waals surface area contributed by atoms with E-state index < -0.39 is 23.1 Å². The summed E-state index contributed by atoms with van der Waals surface area (Å²) in [6, 6.07) is 4.79. The molecule has 1 amide bonds. The van der Waals surface area contributed by atoms with Gasteiger partial charge in [-0.2, -0.15) is 5.10 Å². The molecule has 0 aliphatic rings. The van der Waals surface area contributed by atoms with Crippen LogP contribution in [0.5, 0.6) is 0 Å². The predicted octanol–water partition coefficient (Wildman–Crippen LogP) is 2.25. The molecule has 2 aromatic rings. The van der Waals surface area contributed by atoms with E-state index in [1.165, 1.54) is 6.07 Å². The van der Waals surface area contributed by atoms with Crippen LogP contribution in [-0.2, 0) is 0 Å². The molecule has 88 valence electrons. The number of amides is 1.